The molecule has 0 amide bonds. The number of hydrogen-bond acceptors (Lipinski definition) is 4. The van der Waals surface area contributed by atoms with E-state index in [9.17, 15) is 5.26 Å². The number of ether oxygens (including phenoxy) is 2. The zero-order chi connectivity index (χ0) is 13.7. The Morgan fingerprint density at radius 1 is 1.16 bits per heavy atom. The first-order chi connectivity index (χ1) is 9.30. The Kier molecular flexibility index (Phi) is 4.64. The Morgan fingerprint density at radius 3 is 2.47 bits per heavy atom. The monoisotopic (exact) mass is 260 g/mol. The van der Waals surface area contributed by atoms with E-state index in [2.05, 4.69) is 11.0 Å². The van der Waals surface area contributed by atoms with Gasteiger partial charge in [0.25, 0.3) is 0 Å². The van der Waals surface area contributed by atoms with E-state index in [0.717, 1.165) is 43.0 Å². The van der Waals surface area contributed by atoms with Gasteiger partial charge in [-0.05, 0) is 38.1 Å². The summed E-state index contributed by atoms with van der Waals surface area (Å²) >= 11 is 0. The predicted octanol–water partition coefficient (Wildman–Crippen LogP) is 2.75. The van der Waals surface area contributed by atoms with E-state index in [1.165, 1.54) is 6.42 Å². The molecule has 2 rings (SSSR count). The smallest absolute Gasteiger partial charge is 0.128 e. The largest absolute Gasteiger partial charge is 0.497 e. The molecule has 1 aromatic rings. The molecule has 1 aliphatic rings. The summed E-state index contributed by atoms with van der Waals surface area (Å²) < 4.78 is 10.6. The van der Waals surface area contributed by atoms with E-state index < -0.39 is 0 Å². The normalized spacial score (nSPS) is 17.5. The van der Waals surface area contributed by atoms with Gasteiger partial charge in [-0.15, -0.1) is 0 Å². The molecule has 0 bridgehead atoms. The summed E-state index contributed by atoms with van der Waals surface area (Å²) in [6.45, 7) is 1.96. The highest BCUT2D eigenvalue weighted by Gasteiger charge is 2.24. The van der Waals surface area contributed by atoms with Gasteiger partial charge in [0.05, 0.1) is 20.3 Å². The summed E-state index contributed by atoms with van der Waals surface area (Å²) in [6.07, 6.45) is 3.59. The zero-order valence-corrected chi connectivity index (χ0v) is 11.6. The third-order valence-electron chi connectivity index (χ3n) is 3.61. The van der Waals surface area contributed by atoms with Gasteiger partial charge in [0.15, 0.2) is 0 Å². The van der Waals surface area contributed by atoms with Crippen LogP contribution >= 0.6 is 0 Å². The highest BCUT2D eigenvalue weighted by molar-refractivity contribution is 5.44. The zero-order valence-electron chi connectivity index (χ0n) is 11.6. The minimum atomic E-state index is -0.235. The summed E-state index contributed by atoms with van der Waals surface area (Å²) in [6, 6.07) is 7.82. The lowest BCUT2D eigenvalue weighted by Gasteiger charge is -2.31. The van der Waals surface area contributed by atoms with Crippen molar-refractivity contribution in [1.29, 1.82) is 5.26 Å². The molecular formula is C15H20N2O2. The first kappa shape index (κ1) is 13.7. The summed E-state index contributed by atoms with van der Waals surface area (Å²) in [5.74, 6) is 1.47. The van der Waals surface area contributed by atoms with Crippen molar-refractivity contribution in [2.75, 3.05) is 27.3 Å². The Labute approximate surface area is 114 Å². The van der Waals surface area contributed by atoms with Crippen LogP contribution in [0.25, 0.3) is 0 Å². The second-order valence-corrected chi connectivity index (χ2v) is 4.74. The number of nitrogens with zero attached hydrogens (tertiary/aromatic N) is 2. The van der Waals surface area contributed by atoms with Gasteiger partial charge in [-0.1, -0.05) is 6.42 Å². The molecule has 4 nitrogen and oxygen atoms in total. The summed E-state index contributed by atoms with van der Waals surface area (Å²) in [4.78, 5) is 2.23. The van der Waals surface area contributed by atoms with Crippen LogP contribution < -0.4 is 9.47 Å². The van der Waals surface area contributed by atoms with Crippen LogP contribution in [0, 0.1) is 11.3 Å². The molecule has 1 atom stereocenters. The lowest BCUT2D eigenvalue weighted by Crippen LogP contribution is -2.33. The molecular weight excluding hydrogens is 240 g/mol. The SMILES string of the molecule is COc1ccc(C(C#N)N2CCCCC2)c(OC)c1. The molecule has 4 heteroatoms. The fraction of sp³-hybridized carbons (Fsp3) is 0.533. The molecule has 0 aliphatic carbocycles. The number of benzene rings is 1. The lowest BCUT2D eigenvalue weighted by molar-refractivity contribution is 0.193. The van der Waals surface area contributed by atoms with Crippen LogP contribution in [-0.2, 0) is 0 Å². The topological polar surface area (TPSA) is 45.5 Å². The maximum Gasteiger partial charge on any atom is 0.128 e. The number of nitriles is 1. The van der Waals surface area contributed by atoms with Crippen LogP contribution in [0.1, 0.15) is 30.9 Å². The van der Waals surface area contributed by atoms with Gasteiger partial charge < -0.3 is 9.47 Å². The third kappa shape index (κ3) is 2.99. The average molecular weight is 260 g/mol. The maximum atomic E-state index is 9.50. The first-order valence-corrected chi connectivity index (χ1v) is 6.65. The van der Waals surface area contributed by atoms with Crippen molar-refractivity contribution in [3.8, 4) is 17.6 Å². The Hall–Kier alpha value is -1.73. The maximum absolute atomic E-state index is 9.50. The molecule has 0 aromatic heterocycles. The Balaban J connectivity index is 2.29. The molecule has 0 saturated carbocycles. The van der Waals surface area contributed by atoms with Gasteiger partial charge in [-0.3, -0.25) is 4.90 Å². The number of hydrogen-bond donors (Lipinski definition) is 0. The molecule has 1 unspecified atom stereocenters. The van der Waals surface area contributed by atoms with Crippen molar-refractivity contribution in [1.82, 2.24) is 4.90 Å². The average Bonchev–Trinajstić information content (AvgIpc) is 2.49. The molecule has 0 N–H and O–H groups in total. The molecule has 19 heavy (non-hydrogen) atoms. The summed E-state index contributed by atoms with van der Waals surface area (Å²) in [7, 11) is 3.25. The number of methoxy groups -OCH3 is 2. The van der Waals surface area contributed by atoms with Crippen molar-refractivity contribution in [3.05, 3.63) is 23.8 Å². The third-order valence-corrected chi connectivity index (χ3v) is 3.61. The van der Waals surface area contributed by atoms with Gasteiger partial charge in [0, 0.05) is 11.6 Å². The van der Waals surface area contributed by atoms with Gasteiger partial charge >= 0.3 is 0 Å². The van der Waals surface area contributed by atoms with Gasteiger partial charge in [-0.25, -0.2) is 0 Å². The molecule has 1 heterocycles. The standard InChI is InChI=1S/C15H20N2O2/c1-18-12-6-7-13(15(10-12)19-2)14(11-16)17-8-4-3-5-9-17/h6-7,10,14H,3-5,8-9H2,1-2H3. The van der Waals surface area contributed by atoms with Crippen molar-refractivity contribution in [2.45, 2.75) is 25.3 Å². The highest BCUT2D eigenvalue weighted by atomic mass is 16.5. The van der Waals surface area contributed by atoms with Gasteiger partial charge in [-0.2, -0.15) is 5.26 Å². The molecule has 0 radical (unpaired) electrons. The summed E-state index contributed by atoms with van der Waals surface area (Å²) in [5.41, 5.74) is 0.924. The van der Waals surface area contributed by atoms with Crippen molar-refractivity contribution in [2.24, 2.45) is 0 Å². The van der Waals surface area contributed by atoms with Crippen molar-refractivity contribution < 1.29 is 9.47 Å². The van der Waals surface area contributed by atoms with Gasteiger partial charge in [0.2, 0.25) is 0 Å². The van der Waals surface area contributed by atoms with Crippen LogP contribution in [0.3, 0.4) is 0 Å². The molecule has 1 aromatic carbocycles. The minimum absolute atomic E-state index is 0.235. The van der Waals surface area contributed by atoms with Crippen LogP contribution in [-0.4, -0.2) is 32.2 Å². The van der Waals surface area contributed by atoms with Crippen LogP contribution in [0.15, 0.2) is 18.2 Å². The van der Waals surface area contributed by atoms with Gasteiger partial charge in [0.1, 0.15) is 17.5 Å². The quantitative estimate of drug-likeness (QED) is 0.835. The fourth-order valence-electron chi connectivity index (χ4n) is 2.57. The second-order valence-electron chi connectivity index (χ2n) is 4.74. The van der Waals surface area contributed by atoms with E-state index in [0.29, 0.717) is 0 Å². The number of likely N-dealkylation sites (tertiary alicyclic amines) is 1. The lowest BCUT2D eigenvalue weighted by atomic mass is 10.0. The summed E-state index contributed by atoms with van der Waals surface area (Å²) in [5, 5.41) is 9.50. The number of piperidine rings is 1. The predicted molar refractivity (Wildman–Crippen MR) is 73.3 cm³/mol. The first-order valence-electron chi connectivity index (χ1n) is 6.65. The number of rotatable bonds is 4. The molecule has 1 saturated heterocycles. The van der Waals surface area contributed by atoms with Crippen molar-refractivity contribution in [3.63, 3.8) is 0 Å². The van der Waals surface area contributed by atoms with Crippen LogP contribution in [0.5, 0.6) is 11.5 Å². The van der Waals surface area contributed by atoms with E-state index in [1.807, 2.05) is 18.2 Å². The fourth-order valence-corrected chi connectivity index (χ4v) is 2.57. The van der Waals surface area contributed by atoms with E-state index >= 15 is 0 Å². The highest BCUT2D eigenvalue weighted by Crippen LogP contribution is 2.33. The van der Waals surface area contributed by atoms with E-state index in [-0.39, 0.29) is 6.04 Å². The minimum Gasteiger partial charge on any atom is -0.497 e. The Bertz CT molecular complexity index is 462. The second kappa shape index (κ2) is 6.44. The molecule has 0 spiro atoms. The molecule has 1 fully saturated rings. The van der Waals surface area contributed by atoms with Crippen molar-refractivity contribution >= 4 is 0 Å². The van der Waals surface area contributed by atoms with Crippen LogP contribution in [0.4, 0.5) is 0 Å². The van der Waals surface area contributed by atoms with Crippen LogP contribution in [0.2, 0.25) is 0 Å². The molecule has 1 aliphatic heterocycles. The Morgan fingerprint density at radius 2 is 1.89 bits per heavy atom. The van der Waals surface area contributed by atoms with E-state index in [4.69, 9.17) is 9.47 Å². The molecule has 102 valence electrons. The van der Waals surface area contributed by atoms with E-state index in [1.54, 1.807) is 14.2 Å².